The van der Waals surface area contributed by atoms with Crippen LogP contribution in [0.1, 0.15) is 45.1 Å². The van der Waals surface area contributed by atoms with Crippen molar-refractivity contribution in [3.05, 3.63) is 83.9 Å². The van der Waals surface area contributed by atoms with Crippen LogP contribution in [0.5, 0.6) is 5.75 Å². The SMILES string of the molecule is C=NC=NN(C)CC1(c2ccc(F)cc2F)CCC(COc2ccc(N3CCN(c4ccc(N5C=NN(C(CC)CC)CC5OC)cc4)CC3)cc2)CO1. The Labute approximate surface area is 318 Å². The zero-order chi connectivity index (χ0) is 38.1. The molecule has 290 valence electrons. The summed E-state index contributed by atoms with van der Waals surface area (Å²) in [5.74, 6) is -0.345. The zero-order valence-corrected chi connectivity index (χ0v) is 32.0. The summed E-state index contributed by atoms with van der Waals surface area (Å²) in [6, 6.07) is 21.0. The molecule has 0 aliphatic carbocycles. The van der Waals surface area contributed by atoms with Gasteiger partial charge in [0, 0.05) is 81.0 Å². The first-order chi connectivity index (χ1) is 26.2. The minimum absolute atomic E-state index is 0.0868. The van der Waals surface area contributed by atoms with Gasteiger partial charge in [-0.1, -0.05) is 19.9 Å². The molecule has 0 radical (unpaired) electrons. The topological polar surface area (TPSA) is 81.0 Å². The third-order valence-corrected chi connectivity index (χ3v) is 10.9. The molecule has 3 aromatic rings. The molecule has 3 aliphatic rings. The first kappa shape index (κ1) is 39.0. The van der Waals surface area contributed by atoms with Gasteiger partial charge in [0.1, 0.15) is 35.7 Å². The van der Waals surface area contributed by atoms with E-state index in [4.69, 9.17) is 19.3 Å². The molecule has 54 heavy (non-hydrogen) atoms. The number of nitrogens with zero attached hydrogens (tertiary/aromatic N) is 8. The number of hydrogen-bond donors (Lipinski definition) is 0. The van der Waals surface area contributed by atoms with Crippen molar-refractivity contribution in [2.24, 2.45) is 21.1 Å². The Hall–Kier alpha value is -4.75. The standard InChI is InChI=1S/C41H54F2N8O3/c1-6-33(7-2)51-25-40(52-5)50(30-46-51)36-11-9-34(10-12-36)48-20-22-49(23-21-48)35-13-15-37(16-14-35)53-26-31-18-19-41(54-27-31,28-47(4)45-29-44-3)38-17-8-32(42)24-39(38)43/h8-17,24,29-31,33,40H,3,6-7,18-23,25-28H2,1-2,4-5H3. The summed E-state index contributed by atoms with van der Waals surface area (Å²) >= 11 is 0. The lowest BCUT2D eigenvalue weighted by atomic mass is 9.83. The van der Waals surface area contributed by atoms with E-state index in [0.29, 0.717) is 31.2 Å². The molecule has 0 bridgehead atoms. The highest BCUT2D eigenvalue weighted by molar-refractivity contribution is 5.80. The molecule has 3 heterocycles. The van der Waals surface area contributed by atoms with E-state index in [0.717, 1.165) is 69.5 Å². The summed E-state index contributed by atoms with van der Waals surface area (Å²) in [6.45, 7) is 13.4. The van der Waals surface area contributed by atoms with Crippen LogP contribution in [-0.2, 0) is 15.1 Å². The lowest BCUT2D eigenvalue weighted by Gasteiger charge is -2.42. The summed E-state index contributed by atoms with van der Waals surface area (Å²) in [5.41, 5.74) is 2.78. The number of halogens is 2. The van der Waals surface area contributed by atoms with Crippen molar-refractivity contribution in [3.8, 4) is 5.75 Å². The largest absolute Gasteiger partial charge is 0.493 e. The number of methoxy groups -OCH3 is 1. The van der Waals surface area contributed by atoms with Gasteiger partial charge in [0.25, 0.3) is 0 Å². The minimum Gasteiger partial charge on any atom is -0.493 e. The molecule has 0 spiro atoms. The van der Waals surface area contributed by atoms with Gasteiger partial charge in [-0.25, -0.2) is 8.78 Å². The summed E-state index contributed by atoms with van der Waals surface area (Å²) in [6.07, 6.45) is 6.53. The smallest absolute Gasteiger partial charge is 0.154 e. The third-order valence-electron chi connectivity index (χ3n) is 10.9. The van der Waals surface area contributed by atoms with Crippen LogP contribution in [0.2, 0.25) is 0 Å². The number of hydrogen-bond acceptors (Lipinski definition) is 10. The lowest BCUT2D eigenvalue weighted by molar-refractivity contribution is -0.125. The number of hydrazone groups is 2. The highest BCUT2D eigenvalue weighted by Crippen LogP contribution is 2.39. The number of aliphatic imine (C=N–C) groups is 1. The van der Waals surface area contributed by atoms with Crippen LogP contribution in [0.3, 0.4) is 0 Å². The van der Waals surface area contributed by atoms with E-state index in [-0.39, 0.29) is 18.7 Å². The molecule has 3 aromatic carbocycles. The molecule has 0 N–H and O–H groups in total. The molecule has 3 atom stereocenters. The maximum Gasteiger partial charge on any atom is 0.154 e. The average Bonchev–Trinajstić information content (AvgIpc) is 3.20. The Morgan fingerprint density at radius 2 is 1.63 bits per heavy atom. The fraction of sp³-hybridized carbons (Fsp3) is 0.488. The Morgan fingerprint density at radius 3 is 2.20 bits per heavy atom. The number of piperazine rings is 1. The molecule has 2 fully saturated rings. The number of likely N-dealkylation sites (N-methyl/N-ethyl adjacent to an activating group) is 1. The molecule has 0 aromatic heterocycles. The quantitative estimate of drug-likeness (QED) is 0.0957. The average molecular weight is 745 g/mol. The van der Waals surface area contributed by atoms with Crippen LogP contribution < -0.4 is 19.4 Å². The van der Waals surface area contributed by atoms with E-state index < -0.39 is 17.2 Å². The van der Waals surface area contributed by atoms with E-state index in [2.05, 4.69) is 86.8 Å². The van der Waals surface area contributed by atoms with Crippen molar-refractivity contribution in [2.75, 3.05) is 81.3 Å². The molecule has 3 unspecified atom stereocenters. The van der Waals surface area contributed by atoms with Crippen LogP contribution in [0.4, 0.5) is 25.8 Å². The fourth-order valence-corrected chi connectivity index (χ4v) is 7.71. The fourth-order valence-electron chi connectivity index (χ4n) is 7.71. The molecule has 0 saturated carbocycles. The maximum absolute atomic E-state index is 15.0. The molecule has 3 aliphatic heterocycles. The summed E-state index contributed by atoms with van der Waals surface area (Å²) in [4.78, 5) is 10.6. The predicted molar refractivity (Wildman–Crippen MR) is 213 cm³/mol. The lowest BCUT2D eigenvalue weighted by Crippen LogP contribution is -2.50. The predicted octanol–water partition coefficient (Wildman–Crippen LogP) is 6.79. The van der Waals surface area contributed by atoms with Crippen molar-refractivity contribution in [1.82, 2.24) is 10.0 Å². The van der Waals surface area contributed by atoms with Crippen molar-refractivity contribution >= 4 is 36.5 Å². The van der Waals surface area contributed by atoms with E-state index in [9.17, 15) is 4.39 Å². The monoisotopic (exact) mass is 744 g/mol. The Kier molecular flexibility index (Phi) is 13.0. The highest BCUT2D eigenvalue weighted by Gasteiger charge is 2.41. The van der Waals surface area contributed by atoms with Crippen LogP contribution in [0, 0.1) is 17.6 Å². The van der Waals surface area contributed by atoms with Crippen LogP contribution in [-0.4, -0.2) is 108 Å². The Balaban J connectivity index is 0.981. The third kappa shape index (κ3) is 9.12. The van der Waals surface area contributed by atoms with Gasteiger partial charge in [-0.15, -0.1) is 0 Å². The zero-order valence-electron chi connectivity index (χ0n) is 32.0. The first-order valence-corrected chi connectivity index (χ1v) is 19.0. The first-order valence-electron chi connectivity index (χ1n) is 19.0. The molecule has 13 heteroatoms. The van der Waals surface area contributed by atoms with Gasteiger partial charge in [-0.2, -0.15) is 10.2 Å². The summed E-state index contributed by atoms with van der Waals surface area (Å²) < 4.78 is 47.2. The maximum atomic E-state index is 15.0. The van der Waals surface area contributed by atoms with Gasteiger partial charge in [0.15, 0.2) is 6.23 Å². The molecular weight excluding hydrogens is 690 g/mol. The van der Waals surface area contributed by atoms with E-state index in [1.165, 1.54) is 29.8 Å². The summed E-state index contributed by atoms with van der Waals surface area (Å²) in [5, 5.41) is 12.7. The highest BCUT2D eigenvalue weighted by atomic mass is 19.1. The minimum atomic E-state index is -0.984. The van der Waals surface area contributed by atoms with Crippen molar-refractivity contribution in [1.29, 1.82) is 0 Å². The summed E-state index contributed by atoms with van der Waals surface area (Å²) in [7, 11) is 3.52. The molecule has 0 amide bonds. The second kappa shape index (κ2) is 18.1. The van der Waals surface area contributed by atoms with E-state index in [1.54, 1.807) is 19.2 Å². The van der Waals surface area contributed by atoms with Crippen LogP contribution in [0.15, 0.2) is 81.9 Å². The second-order valence-electron chi connectivity index (χ2n) is 14.3. The number of anilines is 3. The van der Waals surface area contributed by atoms with Crippen molar-refractivity contribution in [3.63, 3.8) is 0 Å². The van der Waals surface area contributed by atoms with Crippen molar-refractivity contribution in [2.45, 2.75) is 57.4 Å². The van der Waals surface area contributed by atoms with Gasteiger partial charge < -0.3 is 28.9 Å². The van der Waals surface area contributed by atoms with Gasteiger partial charge in [-0.05, 0) is 87.0 Å². The molecule has 6 rings (SSSR count). The number of rotatable bonds is 15. The van der Waals surface area contributed by atoms with Gasteiger partial charge in [0.2, 0.25) is 0 Å². The van der Waals surface area contributed by atoms with Crippen molar-refractivity contribution < 1.29 is 23.0 Å². The number of benzene rings is 3. The number of ether oxygens (including phenoxy) is 3. The van der Waals surface area contributed by atoms with Gasteiger partial charge in [0.05, 0.1) is 26.3 Å². The normalized spacial score (nSPS) is 22.0. The van der Waals surface area contributed by atoms with E-state index >= 15 is 4.39 Å². The van der Waals surface area contributed by atoms with E-state index in [1.807, 2.05) is 18.5 Å². The molecular formula is C41H54F2N8O3. The second-order valence-corrected chi connectivity index (χ2v) is 14.3. The Morgan fingerprint density at radius 1 is 0.981 bits per heavy atom. The molecule has 2 saturated heterocycles. The Bertz CT molecular complexity index is 1710. The van der Waals surface area contributed by atoms with Crippen LogP contribution >= 0.6 is 0 Å². The van der Waals surface area contributed by atoms with Crippen LogP contribution in [0.25, 0.3) is 0 Å². The van der Waals surface area contributed by atoms with Gasteiger partial charge >= 0.3 is 0 Å². The van der Waals surface area contributed by atoms with Gasteiger partial charge in [-0.3, -0.25) is 15.0 Å². The molecule has 11 nitrogen and oxygen atoms in total.